The maximum Gasteiger partial charge on any atom is 0.257 e. The highest BCUT2D eigenvalue weighted by atomic mass is 16.2. The molecule has 2 amide bonds. The number of aromatic nitrogens is 2. The molecule has 29 heavy (non-hydrogen) atoms. The average molecular weight is 394 g/mol. The quantitative estimate of drug-likeness (QED) is 0.783. The standard InChI is InChI=1S/C21H26N6O2/c28-16-25-10-12-27(13-11-25)20(29)17-14-22-21(23-15-17)24-18-4-6-19(7-5-18)26-8-2-1-3-9-26/h4-7,14-16H,1-3,8-13H2,(H,22,23,24). The van der Waals surface area contributed by atoms with Crippen LogP contribution in [0.1, 0.15) is 29.6 Å². The van der Waals surface area contributed by atoms with Crippen molar-refractivity contribution in [2.75, 3.05) is 49.5 Å². The van der Waals surface area contributed by atoms with Crippen molar-refractivity contribution in [3.8, 4) is 0 Å². The monoisotopic (exact) mass is 394 g/mol. The molecule has 2 saturated heterocycles. The van der Waals surface area contributed by atoms with Crippen molar-refractivity contribution in [1.29, 1.82) is 0 Å². The van der Waals surface area contributed by atoms with Crippen molar-refractivity contribution in [1.82, 2.24) is 19.8 Å². The van der Waals surface area contributed by atoms with E-state index in [1.807, 2.05) is 12.1 Å². The van der Waals surface area contributed by atoms with Crippen LogP contribution in [0.3, 0.4) is 0 Å². The van der Waals surface area contributed by atoms with Crippen LogP contribution >= 0.6 is 0 Å². The number of nitrogens with zero attached hydrogens (tertiary/aromatic N) is 5. The summed E-state index contributed by atoms with van der Waals surface area (Å²) in [6, 6.07) is 8.28. The Bertz CT molecular complexity index is 825. The number of carbonyl (C=O) groups is 2. The van der Waals surface area contributed by atoms with Gasteiger partial charge in [-0.05, 0) is 43.5 Å². The van der Waals surface area contributed by atoms with E-state index in [4.69, 9.17) is 0 Å². The van der Waals surface area contributed by atoms with E-state index >= 15 is 0 Å². The molecule has 2 aromatic rings. The molecule has 0 unspecified atom stereocenters. The topological polar surface area (TPSA) is 81.7 Å². The van der Waals surface area contributed by atoms with E-state index in [-0.39, 0.29) is 5.91 Å². The van der Waals surface area contributed by atoms with Gasteiger partial charge in [-0.15, -0.1) is 0 Å². The Hall–Kier alpha value is -3.16. The van der Waals surface area contributed by atoms with Gasteiger partial charge in [-0.2, -0.15) is 0 Å². The molecule has 1 N–H and O–H groups in total. The van der Waals surface area contributed by atoms with Gasteiger partial charge in [-0.25, -0.2) is 9.97 Å². The average Bonchev–Trinajstić information content (AvgIpc) is 2.80. The number of nitrogens with one attached hydrogen (secondary N) is 1. The van der Waals surface area contributed by atoms with Gasteiger partial charge in [0.15, 0.2) is 0 Å². The largest absolute Gasteiger partial charge is 0.372 e. The number of rotatable bonds is 5. The highest BCUT2D eigenvalue weighted by Gasteiger charge is 2.21. The van der Waals surface area contributed by atoms with Crippen LogP contribution in [0, 0.1) is 0 Å². The Kier molecular flexibility index (Phi) is 5.88. The number of carbonyl (C=O) groups excluding carboxylic acids is 2. The van der Waals surface area contributed by atoms with Crippen LogP contribution in [-0.2, 0) is 4.79 Å². The first-order valence-electron chi connectivity index (χ1n) is 10.2. The minimum Gasteiger partial charge on any atom is -0.372 e. The summed E-state index contributed by atoms with van der Waals surface area (Å²) in [5.41, 5.74) is 2.61. The third-order valence-corrected chi connectivity index (χ3v) is 5.49. The molecule has 1 aromatic heterocycles. The molecule has 3 heterocycles. The number of hydrogen-bond acceptors (Lipinski definition) is 6. The summed E-state index contributed by atoms with van der Waals surface area (Å²) in [4.78, 5) is 37.7. The summed E-state index contributed by atoms with van der Waals surface area (Å²) >= 11 is 0. The number of benzene rings is 1. The van der Waals surface area contributed by atoms with Gasteiger partial charge in [0, 0.05) is 63.0 Å². The Balaban J connectivity index is 1.34. The predicted octanol–water partition coefficient (Wildman–Crippen LogP) is 2.12. The highest BCUT2D eigenvalue weighted by Crippen LogP contribution is 2.23. The number of anilines is 3. The normalized spacial score (nSPS) is 17.2. The van der Waals surface area contributed by atoms with Crippen molar-refractivity contribution in [3.05, 3.63) is 42.2 Å². The molecule has 8 heteroatoms. The highest BCUT2D eigenvalue weighted by molar-refractivity contribution is 5.93. The summed E-state index contributed by atoms with van der Waals surface area (Å²) in [5, 5.41) is 3.18. The van der Waals surface area contributed by atoms with Gasteiger partial charge in [0.2, 0.25) is 12.4 Å². The van der Waals surface area contributed by atoms with Crippen molar-refractivity contribution in [2.24, 2.45) is 0 Å². The molecule has 1 aromatic carbocycles. The van der Waals surface area contributed by atoms with Gasteiger partial charge in [-0.3, -0.25) is 9.59 Å². The van der Waals surface area contributed by atoms with Gasteiger partial charge in [0.1, 0.15) is 0 Å². The van der Waals surface area contributed by atoms with E-state index in [0.29, 0.717) is 37.7 Å². The van der Waals surface area contributed by atoms with Crippen LogP contribution in [0.2, 0.25) is 0 Å². The smallest absolute Gasteiger partial charge is 0.257 e. The van der Waals surface area contributed by atoms with Gasteiger partial charge in [-0.1, -0.05) is 0 Å². The molecule has 0 aliphatic carbocycles. The number of hydrogen-bond donors (Lipinski definition) is 1. The molecule has 0 atom stereocenters. The molecule has 0 saturated carbocycles. The predicted molar refractivity (Wildman–Crippen MR) is 111 cm³/mol. The van der Waals surface area contributed by atoms with Crippen molar-refractivity contribution < 1.29 is 9.59 Å². The van der Waals surface area contributed by atoms with Gasteiger partial charge >= 0.3 is 0 Å². The molecule has 0 bridgehead atoms. The zero-order chi connectivity index (χ0) is 20.1. The summed E-state index contributed by atoms with van der Waals surface area (Å²) in [7, 11) is 0. The van der Waals surface area contributed by atoms with Crippen LogP contribution in [0.4, 0.5) is 17.3 Å². The summed E-state index contributed by atoms with van der Waals surface area (Å²) < 4.78 is 0. The molecule has 4 rings (SSSR count). The first-order chi connectivity index (χ1) is 14.2. The van der Waals surface area contributed by atoms with Gasteiger partial charge in [0.25, 0.3) is 5.91 Å². The molecule has 2 aliphatic heterocycles. The minimum absolute atomic E-state index is 0.104. The zero-order valence-corrected chi connectivity index (χ0v) is 16.5. The third-order valence-electron chi connectivity index (χ3n) is 5.49. The van der Waals surface area contributed by atoms with Crippen LogP contribution in [0.5, 0.6) is 0 Å². The van der Waals surface area contributed by atoms with Crippen molar-refractivity contribution in [2.45, 2.75) is 19.3 Å². The maximum absolute atomic E-state index is 12.6. The summed E-state index contributed by atoms with van der Waals surface area (Å²) in [6.45, 7) is 4.42. The molecule has 8 nitrogen and oxygen atoms in total. The third kappa shape index (κ3) is 4.64. The first kappa shape index (κ1) is 19.2. The van der Waals surface area contributed by atoms with E-state index in [1.165, 1.54) is 24.9 Å². The Morgan fingerprint density at radius 2 is 1.55 bits per heavy atom. The van der Waals surface area contributed by atoms with E-state index in [9.17, 15) is 9.59 Å². The van der Waals surface area contributed by atoms with E-state index < -0.39 is 0 Å². The van der Waals surface area contributed by atoms with Crippen LogP contribution in [-0.4, -0.2) is 71.4 Å². The number of piperidine rings is 1. The minimum atomic E-state index is -0.104. The SMILES string of the molecule is O=CN1CCN(C(=O)c2cnc(Nc3ccc(N4CCCCC4)cc3)nc2)CC1. The zero-order valence-electron chi connectivity index (χ0n) is 16.5. The van der Waals surface area contributed by atoms with Crippen molar-refractivity contribution in [3.63, 3.8) is 0 Å². The lowest BCUT2D eigenvalue weighted by Crippen LogP contribution is -2.48. The van der Waals surface area contributed by atoms with E-state index in [2.05, 4.69) is 32.3 Å². The fourth-order valence-electron chi connectivity index (χ4n) is 3.75. The Labute approximate surface area is 170 Å². The molecule has 2 aliphatic rings. The van der Waals surface area contributed by atoms with Gasteiger partial charge in [0.05, 0.1) is 5.56 Å². The fourth-order valence-corrected chi connectivity index (χ4v) is 3.75. The molecule has 152 valence electrons. The first-order valence-corrected chi connectivity index (χ1v) is 10.2. The molecular formula is C21H26N6O2. The second-order valence-corrected chi connectivity index (χ2v) is 7.45. The fraction of sp³-hybridized carbons (Fsp3) is 0.429. The Morgan fingerprint density at radius 1 is 0.897 bits per heavy atom. The summed E-state index contributed by atoms with van der Waals surface area (Å²) in [5.74, 6) is 0.353. The second-order valence-electron chi connectivity index (χ2n) is 7.45. The van der Waals surface area contributed by atoms with Crippen LogP contribution < -0.4 is 10.2 Å². The van der Waals surface area contributed by atoms with E-state index in [1.54, 1.807) is 22.2 Å². The molecule has 2 fully saturated rings. The Morgan fingerprint density at radius 3 is 2.17 bits per heavy atom. The lowest BCUT2D eigenvalue weighted by Gasteiger charge is -2.32. The maximum atomic E-state index is 12.6. The van der Waals surface area contributed by atoms with E-state index in [0.717, 1.165) is 25.2 Å². The van der Waals surface area contributed by atoms with Crippen LogP contribution in [0.25, 0.3) is 0 Å². The van der Waals surface area contributed by atoms with Crippen molar-refractivity contribution >= 4 is 29.6 Å². The lowest BCUT2D eigenvalue weighted by atomic mass is 10.1. The lowest BCUT2D eigenvalue weighted by molar-refractivity contribution is -0.119. The number of piperazine rings is 1. The van der Waals surface area contributed by atoms with Gasteiger partial charge < -0.3 is 20.0 Å². The molecule has 0 spiro atoms. The molecular weight excluding hydrogens is 368 g/mol. The number of amides is 2. The molecule has 0 radical (unpaired) electrons. The second kappa shape index (κ2) is 8.89. The summed E-state index contributed by atoms with van der Waals surface area (Å²) in [6.07, 6.45) is 7.75. The van der Waals surface area contributed by atoms with Crippen LogP contribution in [0.15, 0.2) is 36.7 Å².